The van der Waals surface area contributed by atoms with Crippen LogP contribution < -0.4 is 14.8 Å². The van der Waals surface area contributed by atoms with Crippen LogP contribution in [0.4, 0.5) is 0 Å². The molecule has 2 N–H and O–H groups in total. The van der Waals surface area contributed by atoms with Gasteiger partial charge in [0.15, 0.2) is 0 Å². The van der Waals surface area contributed by atoms with Gasteiger partial charge in [-0.25, -0.2) is 13.1 Å². The zero-order valence-electron chi connectivity index (χ0n) is 12.1. The van der Waals surface area contributed by atoms with Crippen LogP contribution in [0.2, 0.25) is 0 Å². The van der Waals surface area contributed by atoms with E-state index in [2.05, 4.69) is 10.0 Å². The van der Waals surface area contributed by atoms with E-state index >= 15 is 0 Å². The van der Waals surface area contributed by atoms with Gasteiger partial charge >= 0.3 is 0 Å². The zero-order valence-corrected chi connectivity index (χ0v) is 12.9. The Labute approximate surface area is 124 Å². The molecule has 0 spiro atoms. The van der Waals surface area contributed by atoms with Crippen LogP contribution in [0.25, 0.3) is 0 Å². The fourth-order valence-electron chi connectivity index (χ4n) is 1.51. The predicted molar refractivity (Wildman–Crippen MR) is 77.7 cm³/mol. The van der Waals surface area contributed by atoms with Gasteiger partial charge in [-0.3, -0.25) is 4.79 Å². The summed E-state index contributed by atoms with van der Waals surface area (Å²) in [6.07, 6.45) is 0.674. The molecule has 0 aliphatic carbocycles. The van der Waals surface area contributed by atoms with Crippen molar-refractivity contribution in [2.45, 2.75) is 11.3 Å². The first-order valence-electron chi connectivity index (χ1n) is 6.39. The van der Waals surface area contributed by atoms with Crippen LogP contribution in [0.1, 0.15) is 6.42 Å². The van der Waals surface area contributed by atoms with Gasteiger partial charge in [-0.05, 0) is 30.7 Å². The molecule has 21 heavy (non-hydrogen) atoms. The second kappa shape index (κ2) is 8.60. The van der Waals surface area contributed by atoms with Gasteiger partial charge in [0.05, 0.1) is 18.6 Å². The number of carbonyl (C=O) groups excluding carboxylic acids is 1. The Kier molecular flexibility index (Phi) is 7.13. The van der Waals surface area contributed by atoms with E-state index in [1.807, 2.05) is 0 Å². The Hall–Kier alpha value is -1.64. The first kappa shape index (κ1) is 17.4. The fourth-order valence-corrected chi connectivity index (χ4v) is 2.49. The van der Waals surface area contributed by atoms with E-state index in [-0.39, 0.29) is 17.3 Å². The number of hydrogen-bond acceptors (Lipinski definition) is 5. The highest BCUT2D eigenvalue weighted by Crippen LogP contribution is 2.14. The summed E-state index contributed by atoms with van der Waals surface area (Å²) < 4.78 is 36.0. The Bertz CT molecular complexity index is 542. The standard InChI is InChI=1S/C13H20N2O5S/c1-19-9-3-8-14-13(16)10-15-21(17,18)12-6-4-11(20-2)5-7-12/h4-7,15H,3,8-10H2,1-2H3,(H,14,16). The van der Waals surface area contributed by atoms with Crippen molar-refractivity contribution >= 4 is 15.9 Å². The SMILES string of the molecule is COCCCNC(=O)CNS(=O)(=O)c1ccc(OC)cc1. The van der Waals surface area contributed by atoms with Gasteiger partial charge in [0, 0.05) is 20.3 Å². The molecular weight excluding hydrogens is 296 g/mol. The second-order valence-corrected chi connectivity index (χ2v) is 5.96. The molecule has 1 amide bonds. The van der Waals surface area contributed by atoms with Crippen LogP contribution in [-0.2, 0) is 19.6 Å². The lowest BCUT2D eigenvalue weighted by Gasteiger charge is -2.08. The summed E-state index contributed by atoms with van der Waals surface area (Å²) in [7, 11) is -0.637. The number of ether oxygens (including phenoxy) is 2. The topological polar surface area (TPSA) is 93.7 Å². The van der Waals surface area contributed by atoms with Crippen LogP contribution in [0.5, 0.6) is 5.75 Å². The van der Waals surface area contributed by atoms with Crippen LogP contribution in [-0.4, -0.2) is 48.2 Å². The summed E-state index contributed by atoms with van der Waals surface area (Å²) in [6, 6.07) is 5.91. The molecule has 0 aromatic heterocycles. The number of hydrogen-bond donors (Lipinski definition) is 2. The second-order valence-electron chi connectivity index (χ2n) is 4.20. The lowest BCUT2D eigenvalue weighted by atomic mass is 10.3. The summed E-state index contributed by atoms with van der Waals surface area (Å²) in [5.74, 6) is 0.174. The average molecular weight is 316 g/mol. The number of benzene rings is 1. The van der Waals surface area contributed by atoms with E-state index in [1.165, 1.54) is 19.2 Å². The molecule has 0 saturated heterocycles. The van der Waals surface area contributed by atoms with Crippen LogP contribution >= 0.6 is 0 Å². The van der Waals surface area contributed by atoms with Crippen molar-refractivity contribution in [2.75, 3.05) is 33.9 Å². The zero-order chi connectivity index (χ0) is 15.7. The minimum atomic E-state index is -3.71. The monoisotopic (exact) mass is 316 g/mol. The third kappa shape index (κ3) is 6.11. The molecule has 0 bridgehead atoms. The third-order valence-electron chi connectivity index (χ3n) is 2.64. The molecule has 0 unspecified atom stereocenters. The molecular formula is C13H20N2O5S. The molecule has 1 rings (SSSR count). The molecule has 1 aromatic carbocycles. The predicted octanol–water partition coefficient (Wildman–Crippen LogP) is 0.126. The van der Waals surface area contributed by atoms with Crippen LogP contribution in [0.15, 0.2) is 29.2 Å². The summed E-state index contributed by atoms with van der Waals surface area (Å²) in [5.41, 5.74) is 0. The maximum absolute atomic E-state index is 12.0. The number of carbonyl (C=O) groups is 1. The summed E-state index contributed by atoms with van der Waals surface area (Å²) in [5, 5.41) is 2.59. The number of amides is 1. The molecule has 0 saturated carbocycles. The van der Waals surface area contributed by atoms with Gasteiger partial charge in [0.1, 0.15) is 5.75 Å². The van der Waals surface area contributed by atoms with Gasteiger partial charge in [0.2, 0.25) is 15.9 Å². The van der Waals surface area contributed by atoms with Crippen molar-refractivity contribution in [2.24, 2.45) is 0 Å². The third-order valence-corrected chi connectivity index (χ3v) is 4.06. The normalized spacial score (nSPS) is 11.1. The molecule has 118 valence electrons. The van der Waals surface area contributed by atoms with Crippen molar-refractivity contribution in [3.8, 4) is 5.75 Å². The quantitative estimate of drug-likeness (QED) is 0.632. The average Bonchev–Trinajstić information content (AvgIpc) is 2.50. The molecule has 0 atom stereocenters. The Balaban J connectivity index is 2.46. The molecule has 0 aliphatic heterocycles. The molecule has 0 fully saturated rings. The molecule has 0 radical (unpaired) electrons. The van der Waals surface area contributed by atoms with E-state index in [4.69, 9.17) is 9.47 Å². The summed E-state index contributed by atoms with van der Waals surface area (Å²) >= 11 is 0. The molecule has 0 aliphatic rings. The largest absolute Gasteiger partial charge is 0.497 e. The van der Waals surface area contributed by atoms with Gasteiger partial charge in [-0.15, -0.1) is 0 Å². The minimum Gasteiger partial charge on any atom is -0.497 e. The Morgan fingerprint density at radius 3 is 2.43 bits per heavy atom. The maximum Gasteiger partial charge on any atom is 0.241 e. The van der Waals surface area contributed by atoms with E-state index in [0.29, 0.717) is 25.3 Å². The highest BCUT2D eigenvalue weighted by molar-refractivity contribution is 7.89. The number of sulfonamides is 1. The number of rotatable bonds is 9. The van der Waals surface area contributed by atoms with E-state index in [1.54, 1.807) is 19.2 Å². The van der Waals surface area contributed by atoms with Crippen molar-refractivity contribution < 1.29 is 22.7 Å². The van der Waals surface area contributed by atoms with E-state index in [0.717, 1.165) is 0 Å². The highest BCUT2D eigenvalue weighted by Gasteiger charge is 2.15. The molecule has 1 aromatic rings. The summed E-state index contributed by atoms with van der Waals surface area (Å²) in [6.45, 7) is 0.677. The van der Waals surface area contributed by atoms with Crippen LogP contribution in [0.3, 0.4) is 0 Å². The van der Waals surface area contributed by atoms with Gasteiger partial charge in [-0.2, -0.15) is 0 Å². The molecule has 7 nitrogen and oxygen atoms in total. The number of methoxy groups -OCH3 is 2. The summed E-state index contributed by atoms with van der Waals surface area (Å²) in [4.78, 5) is 11.6. The van der Waals surface area contributed by atoms with Crippen LogP contribution in [0, 0.1) is 0 Å². The fraction of sp³-hybridized carbons (Fsp3) is 0.462. The van der Waals surface area contributed by atoms with Crippen molar-refractivity contribution in [1.82, 2.24) is 10.0 Å². The minimum absolute atomic E-state index is 0.0792. The lowest BCUT2D eigenvalue weighted by molar-refractivity contribution is -0.120. The van der Waals surface area contributed by atoms with E-state index in [9.17, 15) is 13.2 Å². The molecule has 0 heterocycles. The van der Waals surface area contributed by atoms with Gasteiger partial charge in [-0.1, -0.05) is 0 Å². The van der Waals surface area contributed by atoms with Crippen molar-refractivity contribution in [3.63, 3.8) is 0 Å². The molecule has 8 heteroatoms. The number of nitrogens with one attached hydrogen (secondary N) is 2. The Morgan fingerprint density at radius 2 is 1.86 bits per heavy atom. The van der Waals surface area contributed by atoms with Gasteiger partial charge < -0.3 is 14.8 Å². The Morgan fingerprint density at radius 1 is 1.19 bits per heavy atom. The van der Waals surface area contributed by atoms with E-state index < -0.39 is 10.0 Å². The van der Waals surface area contributed by atoms with Crippen molar-refractivity contribution in [1.29, 1.82) is 0 Å². The van der Waals surface area contributed by atoms with Gasteiger partial charge in [0.25, 0.3) is 0 Å². The first-order chi connectivity index (χ1) is 9.99. The maximum atomic E-state index is 12.0. The lowest BCUT2D eigenvalue weighted by Crippen LogP contribution is -2.37. The first-order valence-corrected chi connectivity index (χ1v) is 7.87. The highest BCUT2D eigenvalue weighted by atomic mass is 32.2. The smallest absolute Gasteiger partial charge is 0.241 e. The van der Waals surface area contributed by atoms with Crippen molar-refractivity contribution in [3.05, 3.63) is 24.3 Å².